The molecule has 0 aliphatic carbocycles. The topological polar surface area (TPSA) is 50.7 Å². The maximum Gasteiger partial charge on any atom is 0.264 e. The molecule has 0 aromatic heterocycles. The molecule has 1 amide bonds. The van der Waals surface area contributed by atoms with Crippen LogP contribution in [0.4, 0.5) is 5.69 Å². The average Bonchev–Trinajstić information content (AvgIpc) is 3.10. The number of aliphatic imine (C=N–C) groups is 1. The molecule has 32 heavy (non-hydrogen) atoms. The Morgan fingerprint density at radius 2 is 1.84 bits per heavy atom. The molecule has 0 atom stereocenters. The lowest BCUT2D eigenvalue weighted by atomic mass is 10.2. The summed E-state index contributed by atoms with van der Waals surface area (Å²) in [7, 11) is 0. The minimum absolute atomic E-state index is 0.215. The molecule has 0 unspecified atom stereocenters. The molecule has 1 N–H and O–H groups in total. The minimum Gasteiger partial charge on any atom is -0.489 e. The zero-order chi connectivity index (χ0) is 22.7. The van der Waals surface area contributed by atoms with E-state index < -0.39 is 0 Å². The average molecular weight is 613 g/mol. The van der Waals surface area contributed by atoms with Crippen molar-refractivity contribution in [3.63, 3.8) is 0 Å². The lowest BCUT2D eigenvalue weighted by Gasteiger charge is -2.08. The first-order chi connectivity index (χ1) is 15.4. The summed E-state index contributed by atoms with van der Waals surface area (Å²) in [6.45, 7) is 0.443. The number of halogens is 4. The van der Waals surface area contributed by atoms with Crippen LogP contribution < -0.4 is 10.1 Å². The van der Waals surface area contributed by atoms with Crippen molar-refractivity contribution < 1.29 is 9.53 Å². The Morgan fingerprint density at radius 1 is 1.06 bits per heavy atom. The molecule has 1 fully saturated rings. The van der Waals surface area contributed by atoms with Gasteiger partial charge in [-0.15, -0.1) is 0 Å². The van der Waals surface area contributed by atoms with Gasteiger partial charge >= 0.3 is 0 Å². The summed E-state index contributed by atoms with van der Waals surface area (Å²) in [5.74, 6) is 0.524. The van der Waals surface area contributed by atoms with Gasteiger partial charge < -0.3 is 10.1 Å². The molecule has 162 valence electrons. The Morgan fingerprint density at radius 3 is 2.59 bits per heavy atom. The highest BCUT2D eigenvalue weighted by Gasteiger charge is 2.24. The third-order valence-electron chi connectivity index (χ3n) is 4.39. The number of thioether (sulfide) groups is 1. The molecule has 9 heteroatoms. The second-order valence-corrected chi connectivity index (χ2v) is 10.2. The highest BCUT2D eigenvalue weighted by atomic mass is 79.9. The van der Waals surface area contributed by atoms with Crippen molar-refractivity contribution in [3.8, 4) is 5.75 Å². The van der Waals surface area contributed by atoms with Gasteiger partial charge in [0.1, 0.15) is 12.4 Å². The smallest absolute Gasteiger partial charge is 0.264 e. The molecule has 0 radical (unpaired) electrons. The standard InChI is InChI=1S/C23H14Br2Cl2N2O2S/c24-15-7-6-14(17(25)11-15)12-31-16-8-4-13(5-9-16)10-20-22(30)29-23(32-20)28-19-3-1-2-18(26)21(19)27/h1-11H,12H2,(H,28,29,30)/b20-10-. The molecule has 3 aromatic rings. The number of nitrogens with one attached hydrogen (secondary N) is 1. The number of hydrogen-bond acceptors (Lipinski definition) is 4. The molecule has 3 aromatic carbocycles. The summed E-state index contributed by atoms with van der Waals surface area (Å²) >= 11 is 20.4. The maximum absolute atomic E-state index is 12.3. The third-order valence-corrected chi connectivity index (χ3v) is 7.34. The van der Waals surface area contributed by atoms with Gasteiger partial charge in [0.05, 0.1) is 20.6 Å². The first-order valence-electron chi connectivity index (χ1n) is 9.29. The number of amidine groups is 1. The number of nitrogens with zero attached hydrogens (tertiary/aromatic N) is 1. The number of benzene rings is 3. The zero-order valence-corrected chi connectivity index (χ0v) is 21.7. The van der Waals surface area contributed by atoms with E-state index in [-0.39, 0.29) is 5.91 Å². The van der Waals surface area contributed by atoms with Crippen molar-refractivity contribution in [2.75, 3.05) is 0 Å². The summed E-state index contributed by atoms with van der Waals surface area (Å²) in [5.41, 5.74) is 2.43. The van der Waals surface area contributed by atoms with Crippen LogP contribution in [-0.2, 0) is 11.4 Å². The van der Waals surface area contributed by atoms with Crippen molar-refractivity contribution in [2.45, 2.75) is 6.61 Å². The van der Waals surface area contributed by atoms with Crippen molar-refractivity contribution in [2.24, 2.45) is 4.99 Å². The van der Waals surface area contributed by atoms with E-state index >= 15 is 0 Å². The van der Waals surface area contributed by atoms with Gasteiger partial charge in [-0.05, 0) is 59.8 Å². The van der Waals surface area contributed by atoms with Crippen LogP contribution in [0, 0.1) is 0 Å². The van der Waals surface area contributed by atoms with Crippen LogP contribution in [0.2, 0.25) is 10.0 Å². The van der Waals surface area contributed by atoms with Crippen LogP contribution in [0.5, 0.6) is 5.75 Å². The molecular weight excluding hydrogens is 599 g/mol. The van der Waals surface area contributed by atoms with E-state index in [1.54, 1.807) is 24.3 Å². The van der Waals surface area contributed by atoms with Gasteiger partial charge in [-0.3, -0.25) is 4.79 Å². The fourth-order valence-corrected chi connectivity index (χ4v) is 5.11. The van der Waals surface area contributed by atoms with Crippen molar-refractivity contribution in [1.29, 1.82) is 0 Å². The molecule has 0 bridgehead atoms. The van der Waals surface area contributed by atoms with Gasteiger partial charge in [-0.2, -0.15) is 0 Å². The Kier molecular flexibility index (Phi) is 7.63. The molecule has 1 saturated heterocycles. The maximum atomic E-state index is 12.3. The largest absolute Gasteiger partial charge is 0.489 e. The first-order valence-corrected chi connectivity index (χ1v) is 12.5. The van der Waals surface area contributed by atoms with Crippen molar-refractivity contribution >= 4 is 89.7 Å². The molecule has 0 spiro atoms. The summed E-state index contributed by atoms with van der Waals surface area (Å²) in [4.78, 5) is 17.3. The summed E-state index contributed by atoms with van der Waals surface area (Å²) in [6, 6.07) is 18.7. The highest BCUT2D eigenvalue weighted by Crippen LogP contribution is 2.34. The monoisotopic (exact) mass is 610 g/mol. The second kappa shape index (κ2) is 10.4. The number of carbonyl (C=O) groups excluding carboxylic acids is 1. The van der Waals surface area contributed by atoms with Gasteiger partial charge in [-0.1, -0.05) is 79.3 Å². The predicted octanol–water partition coefficient (Wildman–Crippen LogP) is 7.99. The molecule has 4 nitrogen and oxygen atoms in total. The van der Waals surface area contributed by atoms with E-state index in [1.807, 2.05) is 42.5 Å². The van der Waals surface area contributed by atoms with E-state index in [1.165, 1.54) is 11.8 Å². The van der Waals surface area contributed by atoms with Crippen LogP contribution in [0.25, 0.3) is 6.08 Å². The molecule has 1 aliphatic heterocycles. The number of amides is 1. The van der Waals surface area contributed by atoms with Gasteiger partial charge in [0.25, 0.3) is 5.91 Å². The first kappa shape index (κ1) is 23.4. The highest BCUT2D eigenvalue weighted by molar-refractivity contribution is 9.11. The van der Waals surface area contributed by atoms with Gasteiger partial charge in [0.15, 0.2) is 5.17 Å². The van der Waals surface area contributed by atoms with Gasteiger partial charge in [0, 0.05) is 14.5 Å². The van der Waals surface area contributed by atoms with E-state index in [2.05, 4.69) is 42.2 Å². The Hall–Kier alpha value is -1.77. The lowest BCUT2D eigenvalue weighted by Crippen LogP contribution is -2.19. The second-order valence-electron chi connectivity index (χ2n) is 6.65. The number of carbonyl (C=O) groups is 1. The van der Waals surface area contributed by atoms with Crippen LogP contribution in [-0.4, -0.2) is 11.1 Å². The fraction of sp³-hybridized carbons (Fsp3) is 0.0435. The molecule has 0 saturated carbocycles. The van der Waals surface area contributed by atoms with Crippen LogP contribution in [0.1, 0.15) is 11.1 Å². The van der Waals surface area contributed by atoms with Crippen LogP contribution in [0.3, 0.4) is 0 Å². The number of rotatable bonds is 5. The normalized spacial score (nSPS) is 15.9. The Bertz CT molecular complexity index is 1250. The fourth-order valence-electron chi connectivity index (χ4n) is 2.78. The Labute approximate surface area is 216 Å². The summed E-state index contributed by atoms with van der Waals surface area (Å²) < 4.78 is 7.85. The van der Waals surface area contributed by atoms with E-state index in [4.69, 9.17) is 27.9 Å². The van der Waals surface area contributed by atoms with Crippen molar-refractivity contribution in [1.82, 2.24) is 5.32 Å². The number of hydrogen-bond donors (Lipinski definition) is 1. The van der Waals surface area contributed by atoms with E-state index in [0.717, 1.165) is 25.8 Å². The van der Waals surface area contributed by atoms with E-state index in [0.29, 0.717) is 32.4 Å². The molecule has 1 heterocycles. The SMILES string of the molecule is O=C1NC(=Nc2cccc(Cl)c2Cl)S/C1=C\c1ccc(OCc2ccc(Br)cc2Br)cc1. The Balaban J connectivity index is 1.43. The summed E-state index contributed by atoms with van der Waals surface area (Å²) in [6.07, 6.45) is 1.80. The van der Waals surface area contributed by atoms with Crippen LogP contribution >= 0.6 is 66.8 Å². The molecule has 1 aliphatic rings. The molecule has 4 rings (SSSR count). The van der Waals surface area contributed by atoms with E-state index in [9.17, 15) is 4.79 Å². The zero-order valence-electron chi connectivity index (χ0n) is 16.2. The lowest BCUT2D eigenvalue weighted by molar-refractivity contribution is -0.115. The van der Waals surface area contributed by atoms with Crippen molar-refractivity contribution in [3.05, 3.63) is 95.7 Å². The number of ether oxygens (including phenoxy) is 1. The third kappa shape index (κ3) is 5.77. The quantitative estimate of drug-likeness (QED) is 0.297. The van der Waals surface area contributed by atoms with Crippen LogP contribution in [0.15, 0.2) is 79.5 Å². The van der Waals surface area contributed by atoms with Gasteiger partial charge in [0.2, 0.25) is 0 Å². The predicted molar refractivity (Wildman–Crippen MR) is 140 cm³/mol. The summed E-state index contributed by atoms with van der Waals surface area (Å²) in [5, 5.41) is 3.96. The van der Waals surface area contributed by atoms with Gasteiger partial charge in [-0.25, -0.2) is 4.99 Å². The molecular formula is C23H14Br2Cl2N2O2S. The minimum atomic E-state index is -0.215.